The highest BCUT2D eigenvalue weighted by molar-refractivity contribution is 7.22. The Balaban J connectivity index is 0.000000426. The Kier molecular flexibility index (Phi) is 8.50. The first-order valence-electron chi connectivity index (χ1n) is 11.8. The number of aliphatic carboxylic acids is 1. The molecule has 2 aromatic carbocycles. The van der Waals surface area contributed by atoms with Crippen molar-refractivity contribution in [3.63, 3.8) is 0 Å². The predicted octanol–water partition coefficient (Wildman–Crippen LogP) is 5.79. The van der Waals surface area contributed by atoms with Crippen LogP contribution < -0.4 is 5.32 Å². The van der Waals surface area contributed by atoms with E-state index in [1.54, 1.807) is 23.5 Å². The highest BCUT2D eigenvalue weighted by atomic mass is 32.1. The van der Waals surface area contributed by atoms with Gasteiger partial charge in [0, 0.05) is 55.6 Å². The number of pyridine rings is 1. The van der Waals surface area contributed by atoms with Gasteiger partial charge in [-0.1, -0.05) is 24.3 Å². The summed E-state index contributed by atoms with van der Waals surface area (Å²) >= 11 is 1.75. The minimum atomic E-state index is -5.08. The number of nitrogens with zero attached hydrogens (tertiary/aromatic N) is 3. The average Bonchev–Trinajstić information content (AvgIpc) is 3.31. The number of halogens is 3. The fraction of sp³-hybridized carbons (Fsp3) is 0.259. The van der Waals surface area contributed by atoms with Crippen LogP contribution in [0.25, 0.3) is 20.7 Å². The number of thiophene rings is 1. The second-order valence-electron chi connectivity index (χ2n) is 8.94. The van der Waals surface area contributed by atoms with Gasteiger partial charge in [-0.3, -0.25) is 9.88 Å². The lowest BCUT2D eigenvalue weighted by atomic mass is 10.1. The molecular weight excluding hydrogens is 517 g/mol. The molecule has 7 nitrogen and oxygen atoms in total. The van der Waals surface area contributed by atoms with Crippen LogP contribution in [0.5, 0.6) is 5.75 Å². The number of anilines is 2. The number of fused-ring (bicyclic) bond motifs is 1. The van der Waals surface area contributed by atoms with Gasteiger partial charge in [0.2, 0.25) is 0 Å². The van der Waals surface area contributed by atoms with Crippen molar-refractivity contribution in [2.45, 2.75) is 12.7 Å². The number of alkyl halides is 3. The third-order valence-electron chi connectivity index (χ3n) is 5.99. The monoisotopic (exact) mass is 544 g/mol. The van der Waals surface area contributed by atoms with Crippen molar-refractivity contribution in [1.29, 1.82) is 0 Å². The van der Waals surface area contributed by atoms with Gasteiger partial charge in [-0.25, -0.2) is 4.79 Å². The molecule has 3 heterocycles. The summed E-state index contributed by atoms with van der Waals surface area (Å²) in [6.45, 7) is 5.51. The summed E-state index contributed by atoms with van der Waals surface area (Å²) in [5.41, 5.74) is 5.43. The highest BCUT2D eigenvalue weighted by Gasteiger charge is 2.38. The summed E-state index contributed by atoms with van der Waals surface area (Å²) < 4.78 is 32.9. The van der Waals surface area contributed by atoms with Crippen molar-refractivity contribution < 1.29 is 28.2 Å². The fourth-order valence-electron chi connectivity index (χ4n) is 4.01. The molecule has 0 saturated carbocycles. The largest absolute Gasteiger partial charge is 0.508 e. The normalized spacial score (nSPS) is 14.6. The van der Waals surface area contributed by atoms with E-state index in [9.17, 15) is 18.3 Å². The van der Waals surface area contributed by atoms with Gasteiger partial charge in [0.1, 0.15) is 5.75 Å². The molecule has 200 valence electrons. The number of phenols is 1. The van der Waals surface area contributed by atoms with Crippen molar-refractivity contribution >= 4 is 38.9 Å². The van der Waals surface area contributed by atoms with Crippen molar-refractivity contribution in [2.75, 3.05) is 38.5 Å². The second-order valence-corrected chi connectivity index (χ2v) is 9.99. The van der Waals surface area contributed by atoms with E-state index in [1.807, 2.05) is 24.4 Å². The van der Waals surface area contributed by atoms with Crippen LogP contribution in [0.15, 0.2) is 66.9 Å². The Bertz CT molecular complexity index is 1400. The maximum atomic E-state index is 10.6. The number of aromatic nitrogens is 1. The van der Waals surface area contributed by atoms with Gasteiger partial charge in [-0.05, 0) is 48.5 Å². The van der Waals surface area contributed by atoms with E-state index in [2.05, 4.69) is 57.5 Å². The zero-order chi connectivity index (χ0) is 27.3. The summed E-state index contributed by atoms with van der Waals surface area (Å²) in [7, 11) is 2.19. The Morgan fingerprint density at radius 2 is 1.76 bits per heavy atom. The van der Waals surface area contributed by atoms with Crippen LogP contribution in [0, 0.1) is 0 Å². The number of carboxylic acid groups (broad SMARTS) is 1. The number of carboxylic acids is 1. The Morgan fingerprint density at radius 1 is 1.05 bits per heavy atom. The number of nitrogens with one attached hydrogen (secondary N) is 1. The molecule has 1 aliphatic heterocycles. The summed E-state index contributed by atoms with van der Waals surface area (Å²) in [4.78, 5) is 19.6. The van der Waals surface area contributed by atoms with Crippen molar-refractivity contribution in [3.05, 3.63) is 72.4 Å². The lowest BCUT2D eigenvalue weighted by molar-refractivity contribution is -0.192. The molecular formula is C27H27F3N4O3S. The minimum absolute atomic E-state index is 0.249. The van der Waals surface area contributed by atoms with Crippen LogP contribution in [0.3, 0.4) is 0 Å². The molecule has 4 aromatic rings. The lowest BCUT2D eigenvalue weighted by Crippen LogP contribution is -2.43. The fourth-order valence-corrected chi connectivity index (χ4v) is 5.09. The highest BCUT2D eigenvalue weighted by Crippen LogP contribution is 2.38. The van der Waals surface area contributed by atoms with Gasteiger partial charge in [-0.2, -0.15) is 13.2 Å². The number of aromatic hydroxyl groups is 1. The molecule has 0 aliphatic carbocycles. The molecule has 5 rings (SSSR count). The quantitative estimate of drug-likeness (QED) is 0.293. The molecule has 1 saturated heterocycles. The summed E-state index contributed by atoms with van der Waals surface area (Å²) in [6, 6.07) is 20.2. The molecule has 38 heavy (non-hydrogen) atoms. The maximum absolute atomic E-state index is 10.6. The first kappa shape index (κ1) is 27.4. The van der Waals surface area contributed by atoms with Crippen molar-refractivity contribution in [1.82, 2.24) is 14.8 Å². The lowest BCUT2D eigenvalue weighted by Gasteiger charge is -2.32. The van der Waals surface area contributed by atoms with Crippen LogP contribution in [-0.4, -0.2) is 70.4 Å². The molecule has 0 bridgehead atoms. The first-order chi connectivity index (χ1) is 18.1. The third kappa shape index (κ3) is 7.21. The number of carbonyl (C=O) groups is 1. The molecule has 0 amide bonds. The van der Waals surface area contributed by atoms with Gasteiger partial charge >= 0.3 is 12.1 Å². The van der Waals surface area contributed by atoms with Gasteiger partial charge in [0.25, 0.3) is 0 Å². The van der Waals surface area contributed by atoms with E-state index in [1.165, 1.54) is 16.0 Å². The minimum Gasteiger partial charge on any atom is -0.508 e. The van der Waals surface area contributed by atoms with Crippen LogP contribution in [-0.2, 0) is 11.3 Å². The van der Waals surface area contributed by atoms with Gasteiger partial charge in [0.15, 0.2) is 0 Å². The van der Waals surface area contributed by atoms with E-state index in [0.29, 0.717) is 0 Å². The summed E-state index contributed by atoms with van der Waals surface area (Å²) in [6.07, 6.45) is -3.26. The average molecular weight is 545 g/mol. The maximum Gasteiger partial charge on any atom is 0.490 e. The number of rotatable bonds is 5. The van der Waals surface area contributed by atoms with E-state index in [0.717, 1.165) is 54.3 Å². The van der Waals surface area contributed by atoms with Gasteiger partial charge in [-0.15, -0.1) is 11.3 Å². The molecule has 1 aliphatic rings. The Morgan fingerprint density at radius 3 is 2.45 bits per heavy atom. The smallest absolute Gasteiger partial charge is 0.490 e. The van der Waals surface area contributed by atoms with Crippen LogP contribution in [0.4, 0.5) is 24.5 Å². The number of likely N-dealkylation sites (N-methyl/N-ethyl adjacent to an activating group) is 1. The second kappa shape index (κ2) is 11.8. The van der Waals surface area contributed by atoms with Crippen molar-refractivity contribution in [2.24, 2.45) is 0 Å². The molecule has 11 heteroatoms. The zero-order valence-electron chi connectivity index (χ0n) is 20.6. The molecule has 0 radical (unpaired) electrons. The molecule has 2 aromatic heterocycles. The van der Waals surface area contributed by atoms with E-state index in [-0.39, 0.29) is 5.75 Å². The Labute approximate surface area is 221 Å². The van der Waals surface area contributed by atoms with Crippen LogP contribution in [0.2, 0.25) is 0 Å². The molecule has 3 N–H and O–H groups in total. The van der Waals surface area contributed by atoms with Gasteiger partial charge < -0.3 is 20.4 Å². The van der Waals surface area contributed by atoms with Gasteiger partial charge in [0.05, 0.1) is 15.9 Å². The molecule has 0 spiro atoms. The third-order valence-corrected chi connectivity index (χ3v) is 7.20. The van der Waals surface area contributed by atoms with Crippen molar-refractivity contribution in [3.8, 4) is 16.2 Å². The van der Waals surface area contributed by atoms with E-state index in [4.69, 9.17) is 9.90 Å². The van der Waals surface area contributed by atoms with Crippen LogP contribution >= 0.6 is 11.3 Å². The summed E-state index contributed by atoms with van der Waals surface area (Å²) in [5.74, 6) is -2.51. The number of hydrogen-bond acceptors (Lipinski definition) is 7. The molecule has 0 atom stereocenters. The predicted molar refractivity (Wildman–Crippen MR) is 143 cm³/mol. The topological polar surface area (TPSA) is 88.9 Å². The zero-order valence-corrected chi connectivity index (χ0v) is 21.4. The van der Waals surface area contributed by atoms with E-state index < -0.39 is 12.1 Å². The number of benzene rings is 2. The SMILES string of the molecule is CN1CCN(Cc2cccc(-c3cc4nccc(Nc5cccc(O)c5)c4s3)c2)CC1.O=C(O)C(F)(F)F. The number of phenolic OH excluding ortho intramolecular Hbond substituents is 1. The Hall–Kier alpha value is -3.67. The molecule has 0 unspecified atom stereocenters. The van der Waals surface area contributed by atoms with E-state index >= 15 is 0 Å². The standard InChI is InChI=1S/C25H26N4OS.C2HF3O2/c1-28-10-12-29(13-11-28)17-18-4-2-5-19(14-18)24-16-23-25(31-24)22(8-9-26-23)27-20-6-3-7-21(30)15-20;3-2(4,5)1(6)7/h2-9,14-16,30H,10-13,17H2,1H3,(H,26,27);(H,6,7). The summed E-state index contributed by atoms with van der Waals surface area (Å²) in [5, 5.41) is 20.3. The number of hydrogen-bond donors (Lipinski definition) is 3. The van der Waals surface area contributed by atoms with Crippen LogP contribution in [0.1, 0.15) is 5.56 Å². The molecule has 1 fully saturated rings. The number of piperazine rings is 1. The first-order valence-corrected chi connectivity index (χ1v) is 12.6.